The summed E-state index contributed by atoms with van der Waals surface area (Å²) in [4.78, 5) is 26.6. The Kier molecular flexibility index (Phi) is 7.04. The standard InChI is InChI=1S/C22H25F3N4O5S/c1-22(2,3)16-12(20(30)28-11-8-13(23)17(25)14(24)9-11)10-15(35(27,32)33)18(26)19(16)34-21(31)29-6-4-5-7-29/h8-10H,4-7,26H2,1-3H3,(H,28,30)(H2,27,32,33). The van der Waals surface area contributed by atoms with Gasteiger partial charge in [-0.1, -0.05) is 20.8 Å². The van der Waals surface area contributed by atoms with Crippen LogP contribution in [0.1, 0.15) is 49.5 Å². The van der Waals surface area contributed by atoms with Crippen molar-refractivity contribution in [3.05, 3.63) is 46.8 Å². The topological polar surface area (TPSA) is 145 Å². The number of carbonyl (C=O) groups is 2. The first-order valence-corrected chi connectivity index (χ1v) is 12.1. The Morgan fingerprint density at radius 2 is 1.60 bits per heavy atom. The molecule has 1 heterocycles. The van der Waals surface area contributed by atoms with E-state index in [0.717, 1.165) is 18.9 Å². The van der Waals surface area contributed by atoms with Gasteiger partial charge in [0, 0.05) is 42.0 Å². The number of hydrogen-bond acceptors (Lipinski definition) is 6. The maximum atomic E-state index is 13.6. The number of halogens is 3. The zero-order valence-corrected chi connectivity index (χ0v) is 20.1. The van der Waals surface area contributed by atoms with Crippen molar-refractivity contribution in [2.75, 3.05) is 24.1 Å². The second-order valence-electron chi connectivity index (χ2n) is 9.11. The summed E-state index contributed by atoms with van der Waals surface area (Å²) in [6.45, 7) is 5.81. The van der Waals surface area contributed by atoms with Crippen LogP contribution in [0.3, 0.4) is 0 Å². The number of rotatable bonds is 4. The first-order valence-electron chi connectivity index (χ1n) is 10.5. The Bertz CT molecular complexity index is 1280. The fourth-order valence-corrected chi connectivity index (χ4v) is 4.47. The number of hydrogen-bond donors (Lipinski definition) is 3. The van der Waals surface area contributed by atoms with Gasteiger partial charge in [-0.25, -0.2) is 31.5 Å². The first kappa shape index (κ1) is 26.3. The van der Waals surface area contributed by atoms with Crippen LogP contribution in [-0.4, -0.2) is 38.4 Å². The Hall–Kier alpha value is -3.32. The Labute approximate surface area is 200 Å². The van der Waals surface area contributed by atoms with Gasteiger partial charge in [-0.3, -0.25) is 4.79 Å². The van der Waals surface area contributed by atoms with E-state index < -0.39 is 61.2 Å². The van der Waals surface area contributed by atoms with Crippen LogP contribution in [0.15, 0.2) is 23.1 Å². The van der Waals surface area contributed by atoms with Gasteiger partial charge in [0.2, 0.25) is 10.0 Å². The summed E-state index contributed by atoms with van der Waals surface area (Å²) in [6, 6.07) is 2.00. The number of primary sulfonamides is 1. The number of ether oxygens (including phenoxy) is 1. The van der Waals surface area contributed by atoms with Gasteiger partial charge in [0.05, 0.1) is 5.69 Å². The molecule has 0 aromatic heterocycles. The third-order valence-corrected chi connectivity index (χ3v) is 6.33. The molecule has 0 unspecified atom stereocenters. The quantitative estimate of drug-likeness (QED) is 0.421. The second-order valence-corrected chi connectivity index (χ2v) is 10.6. The van der Waals surface area contributed by atoms with E-state index >= 15 is 0 Å². The van der Waals surface area contributed by atoms with Crippen molar-refractivity contribution in [3.63, 3.8) is 0 Å². The minimum Gasteiger partial charge on any atom is -0.408 e. The highest BCUT2D eigenvalue weighted by Crippen LogP contribution is 2.42. The van der Waals surface area contributed by atoms with Crippen LogP contribution in [0.25, 0.3) is 0 Å². The van der Waals surface area contributed by atoms with E-state index in [0.29, 0.717) is 25.2 Å². The molecule has 0 bridgehead atoms. The molecule has 0 atom stereocenters. The second kappa shape index (κ2) is 9.38. The molecule has 9 nitrogen and oxygen atoms in total. The normalized spacial score (nSPS) is 14.2. The third kappa shape index (κ3) is 5.51. The molecular weight excluding hydrogens is 489 g/mol. The summed E-state index contributed by atoms with van der Waals surface area (Å²) in [7, 11) is -4.50. The molecule has 0 radical (unpaired) electrons. The number of sulfonamides is 1. The zero-order chi connectivity index (χ0) is 26.3. The molecule has 1 fully saturated rings. The van der Waals surface area contributed by atoms with Crippen molar-refractivity contribution >= 4 is 33.4 Å². The van der Waals surface area contributed by atoms with Gasteiger partial charge in [0.15, 0.2) is 23.2 Å². The molecule has 1 saturated heterocycles. The molecule has 2 aromatic carbocycles. The summed E-state index contributed by atoms with van der Waals surface area (Å²) >= 11 is 0. The SMILES string of the molecule is CC(C)(C)c1c(C(=O)Nc2cc(F)c(F)c(F)c2)cc(S(N)(=O)=O)c(N)c1OC(=O)N1CCCC1. The smallest absolute Gasteiger partial charge is 0.408 e. The van der Waals surface area contributed by atoms with E-state index in [4.69, 9.17) is 15.6 Å². The monoisotopic (exact) mass is 514 g/mol. The fraction of sp³-hybridized carbons (Fsp3) is 0.364. The minimum absolute atomic E-state index is 0.0514. The van der Waals surface area contributed by atoms with Gasteiger partial charge in [0.25, 0.3) is 5.91 Å². The number of benzene rings is 2. The van der Waals surface area contributed by atoms with Crippen LogP contribution < -0.4 is 20.9 Å². The summed E-state index contributed by atoms with van der Waals surface area (Å²) in [5.41, 5.74) is 3.93. The molecule has 13 heteroatoms. The molecule has 1 aliphatic heterocycles. The lowest BCUT2D eigenvalue weighted by Gasteiger charge is -2.28. The number of likely N-dealkylation sites (tertiary alicyclic amines) is 1. The zero-order valence-electron chi connectivity index (χ0n) is 19.2. The average molecular weight is 515 g/mol. The van der Waals surface area contributed by atoms with Crippen molar-refractivity contribution in [2.45, 2.75) is 43.9 Å². The highest BCUT2D eigenvalue weighted by atomic mass is 32.2. The van der Waals surface area contributed by atoms with E-state index in [2.05, 4.69) is 5.32 Å². The molecule has 190 valence electrons. The first-order chi connectivity index (χ1) is 16.1. The highest BCUT2D eigenvalue weighted by molar-refractivity contribution is 7.89. The van der Waals surface area contributed by atoms with Crippen LogP contribution in [-0.2, 0) is 15.4 Å². The summed E-state index contributed by atoms with van der Waals surface area (Å²) in [5.74, 6) is -6.21. The predicted octanol–water partition coefficient (Wildman–Crippen LogP) is 3.48. The van der Waals surface area contributed by atoms with Gasteiger partial charge in [-0.2, -0.15) is 0 Å². The van der Waals surface area contributed by atoms with Gasteiger partial charge in [0.1, 0.15) is 4.90 Å². The van der Waals surface area contributed by atoms with Crippen molar-refractivity contribution in [3.8, 4) is 5.75 Å². The molecule has 35 heavy (non-hydrogen) atoms. The Morgan fingerprint density at radius 3 is 2.09 bits per heavy atom. The molecule has 0 saturated carbocycles. The molecule has 5 N–H and O–H groups in total. The Balaban J connectivity index is 2.20. The summed E-state index contributed by atoms with van der Waals surface area (Å²) in [5, 5.41) is 7.49. The Morgan fingerprint density at radius 1 is 1.06 bits per heavy atom. The number of nitrogens with zero attached hydrogens (tertiary/aromatic N) is 1. The number of nitrogens with one attached hydrogen (secondary N) is 1. The van der Waals surface area contributed by atoms with Crippen LogP contribution in [0, 0.1) is 17.5 Å². The van der Waals surface area contributed by atoms with E-state index in [1.54, 1.807) is 20.8 Å². The van der Waals surface area contributed by atoms with E-state index in [-0.39, 0.29) is 16.9 Å². The van der Waals surface area contributed by atoms with E-state index in [1.165, 1.54) is 4.90 Å². The number of carbonyl (C=O) groups excluding carboxylic acids is 2. The molecule has 0 spiro atoms. The maximum absolute atomic E-state index is 13.6. The van der Waals surface area contributed by atoms with E-state index in [1.807, 2.05) is 0 Å². The number of nitrogen functional groups attached to an aromatic ring is 1. The molecule has 3 rings (SSSR count). The number of amides is 2. The lowest BCUT2D eigenvalue weighted by atomic mass is 9.82. The van der Waals surface area contributed by atoms with Crippen LogP contribution in [0.5, 0.6) is 5.75 Å². The molecule has 1 aliphatic rings. The third-order valence-electron chi connectivity index (χ3n) is 5.38. The van der Waals surface area contributed by atoms with Crippen LogP contribution in [0.4, 0.5) is 29.3 Å². The summed E-state index contributed by atoms with van der Waals surface area (Å²) in [6.07, 6.45) is 0.721. The highest BCUT2D eigenvalue weighted by Gasteiger charge is 2.34. The predicted molar refractivity (Wildman–Crippen MR) is 122 cm³/mol. The average Bonchev–Trinajstić information content (AvgIpc) is 3.26. The molecular formula is C22H25F3N4O5S. The van der Waals surface area contributed by atoms with Gasteiger partial charge >= 0.3 is 6.09 Å². The van der Waals surface area contributed by atoms with Crippen LogP contribution >= 0.6 is 0 Å². The molecule has 2 aromatic rings. The van der Waals surface area contributed by atoms with Crippen molar-refractivity contribution in [2.24, 2.45) is 5.14 Å². The van der Waals surface area contributed by atoms with Crippen molar-refractivity contribution in [1.82, 2.24) is 4.90 Å². The lowest BCUT2D eigenvalue weighted by molar-refractivity contribution is 0.102. The van der Waals surface area contributed by atoms with E-state index in [9.17, 15) is 31.2 Å². The van der Waals surface area contributed by atoms with Crippen LogP contribution in [0.2, 0.25) is 0 Å². The number of nitrogens with two attached hydrogens (primary N) is 2. The van der Waals surface area contributed by atoms with Gasteiger partial charge in [-0.05, 0) is 24.3 Å². The minimum atomic E-state index is -4.50. The molecule has 2 amide bonds. The fourth-order valence-electron chi connectivity index (χ4n) is 3.79. The lowest BCUT2D eigenvalue weighted by Crippen LogP contribution is -2.33. The van der Waals surface area contributed by atoms with Crippen molar-refractivity contribution < 1.29 is 35.9 Å². The maximum Gasteiger partial charge on any atom is 0.415 e. The largest absolute Gasteiger partial charge is 0.415 e. The van der Waals surface area contributed by atoms with Gasteiger partial charge in [-0.15, -0.1) is 0 Å². The summed E-state index contributed by atoms with van der Waals surface area (Å²) < 4.78 is 70.6. The van der Waals surface area contributed by atoms with Crippen molar-refractivity contribution in [1.29, 1.82) is 0 Å². The van der Waals surface area contributed by atoms with Gasteiger partial charge < -0.3 is 20.7 Å². The number of anilines is 2. The molecule has 0 aliphatic carbocycles.